The van der Waals surface area contributed by atoms with Crippen LogP contribution in [-0.2, 0) is 28.6 Å². The van der Waals surface area contributed by atoms with Gasteiger partial charge >= 0.3 is 17.9 Å². The Morgan fingerprint density at radius 2 is 1.51 bits per heavy atom. The number of esters is 3. The predicted molar refractivity (Wildman–Crippen MR) is 151 cm³/mol. The van der Waals surface area contributed by atoms with Crippen LogP contribution in [0.25, 0.3) is 0 Å². The molecule has 0 saturated heterocycles. The molecule has 10 atom stereocenters. The average Bonchev–Trinajstić information content (AvgIpc) is 3.16. The van der Waals surface area contributed by atoms with Crippen LogP contribution in [0.4, 0.5) is 0 Å². The summed E-state index contributed by atoms with van der Waals surface area (Å²) in [6.07, 6.45) is 10.5. The third kappa shape index (κ3) is 5.52. The van der Waals surface area contributed by atoms with Gasteiger partial charge in [0.15, 0.2) is 5.60 Å². The molecule has 4 saturated carbocycles. The lowest BCUT2D eigenvalue weighted by molar-refractivity contribution is -0.279. The molecule has 4 rings (SSSR count). The average molecular weight is 547 g/mol. The number of rotatable bonds is 8. The van der Waals surface area contributed by atoms with E-state index in [2.05, 4.69) is 34.6 Å². The monoisotopic (exact) mass is 546 g/mol. The molecule has 0 aliphatic heterocycles. The van der Waals surface area contributed by atoms with E-state index in [1.165, 1.54) is 59.3 Å². The molecule has 0 aromatic heterocycles. The van der Waals surface area contributed by atoms with E-state index in [9.17, 15) is 14.4 Å². The molecule has 0 heterocycles. The van der Waals surface area contributed by atoms with Crippen molar-refractivity contribution in [1.82, 2.24) is 0 Å². The van der Waals surface area contributed by atoms with Crippen LogP contribution in [0.5, 0.6) is 0 Å². The van der Waals surface area contributed by atoms with Crippen molar-refractivity contribution in [3.63, 3.8) is 0 Å². The Bertz CT molecular complexity index is 929. The minimum atomic E-state index is -0.986. The standard InChI is InChI=1S/C33H54O6/c1-20(2)10-9-11-21(3)27-12-13-28-26-18-30(38-23(5)35)33(39-24(6)36)19-25(37-22(4)34)14-17-32(33,8)29(26)15-16-31(27,28)7/h20-21,25-30H,9-19H2,1-8H3/t21-,25+,26+,27-,28+,29+,30-,31-,32-,33+/m1/s1. The van der Waals surface area contributed by atoms with Gasteiger partial charge in [0.1, 0.15) is 12.2 Å². The molecule has 0 unspecified atom stereocenters. The van der Waals surface area contributed by atoms with Gasteiger partial charge in [-0.05, 0) is 85.9 Å². The Labute approximate surface area is 236 Å². The number of fused-ring (bicyclic) bond motifs is 5. The fraction of sp³-hybridized carbons (Fsp3) is 0.909. The van der Waals surface area contributed by atoms with Crippen molar-refractivity contribution in [3.05, 3.63) is 0 Å². The van der Waals surface area contributed by atoms with Crippen molar-refractivity contribution >= 4 is 17.9 Å². The van der Waals surface area contributed by atoms with Crippen LogP contribution in [-0.4, -0.2) is 35.7 Å². The normalized spacial score (nSPS) is 42.1. The fourth-order valence-electron chi connectivity index (χ4n) is 10.4. The summed E-state index contributed by atoms with van der Waals surface area (Å²) >= 11 is 0. The van der Waals surface area contributed by atoms with Crippen LogP contribution >= 0.6 is 0 Å². The van der Waals surface area contributed by atoms with Crippen molar-refractivity contribution in [3.8, 4) is 0 Å². The van der Waals surface area contributed by atoms with Gasteiger partial charge in [-0.3, -0.25) is 14.4 Å². The lowest BCUT2D eigenvalue weighted by Crippen LogP contribution is -2.70. The summed E-state index contributed by atoms with van der Waals surface area (Å²) in [4.78, 5) is 37.0. The second-order valence-corrected chi connectivity index (χ2v) is 14.6. The van der Waals surface area contributed by atoms with Crippen LogP contribution in [0, 0.1) is 46.3 Å². The molecule has 0 bridgehead atoms. The van der Waals surface area contributed by atoms with Crippen molar-refractivity contribution in [2.24, 2.45) is 46.3 Å². The molecule has 0 aromatic carbocycles. The Kier molecular flexibility index (Phi) is 8.84. The maximum absolute atomic E-state index is 12.6. The maximum Gasteiger partial charge on any atom is 0.303 e. The van der Waals surface area contributed by atoms with E-state index in [0.717, 1.165) is 37.0 Å². The SMILES string of the molecule is CC(=O)O[C@H]1CC[C@]2(C)[C@H]3CC[C@]4(C)[C@@H]([C@H](C)CCCC(C)C)CC[C@H]4[C@@H]3C[C@@H](OC(C)=O)[C@@]2(OC(C)=O)C1. The molecule has 0 N–H and O–H groups in total. The zero-order valence-corrected chi connectivity index (χ0v) is 25.8. The summed E-state index contributed by atoms with van der Waals surface area (Å²) in [6.45, 7) is 16.3. The quantitative estimate of drug-likeness (QED) is 0.235. The van der Waals surface area contributed by atoms with Gasteiger partial charge in [0.25, 0.3) is 0 Å². The summed E-state index contributed by atoms with van der Waals surface area (Å²) in [7, 11) is 0. The number of carbonyl (C=O) groups is 3. The third-order valence-electron chi connectivity index (χ3n) is 11.9. The number of ether oxygens (including phenoxy) is 3. The second kappa shape index (κ2) is 11.4. The molecular weight excluding hydrogens is 492 g/mol. The Balaban J connectivity index is 1.66. The second-order valence-electron chi connectivity index (χ2n) is 14.6. The van der Waals surface area contributed by atoms with E-state index < -0.39 is 11.7 Å². The van der Waals surface area contributed by atoms with Crippen molar-refractivity contribution in [1.29, 1.82) is 0 Å². The van der Waals surface area contributed by atoms with Gasteiger partial charge in [0.05, 0.1) is 0 Å². The highest BCUT2D eigenvalue weighted by Gasteiger charge is 2.71. The summed E-state index contributed by atoms with van der Waals surface area (Å²) in [5.41, 5.74) is -1.04. The van der Waals surface area contributed by atoms with Crippen LogP contribution in [0.15, 0.2) is 0 Å². The molecule has 222 valence electrons. The summed E-state index contributed by atoms with van der Waals surface area (Å²) < 4.78 is 18.1. The lowest BCUT2D eigenvalue weighted by atomic mass is 9.42. The molecule has 6 heteroatoms. The smallest absolute Gasteiger partial charge is 0.303 e. The van der Waals surface area contributed by atoms with E-state index in [1.807, 2.05) is 0 Å². The first kappa shape index (κ1) is 30.4. The van der Waals surface area contributed by atoms with Crippen molar-refractivity contribution in [2.45, 2.75) is 144 Å². The highest BCUT2D eigenvalue weighted by Crippen LogP contribution is 2.70. The molecule has 4 aliphatic carbocycles. The van der Waals surface area contributed by atoms with Gasteiger partial charge < -0.3 is 14.2 Å². The zero-order valence-electron chi connectivity index (χ0n) is 25.8. The minimum Gasteiger partial charge on any atom is -0.462 e. The van der Waals surface area contributed by atoms with Gasteiger partial charge in [-0.15, -0.1) is 0 Å². The van der Waals surface area contributed by atoms with Gasteiger partial charge in [0, 0.05) is 32.6 Å². The van der Waals surface area contributed by atoms with Crippen LogP contribution in [0.1, 0.15) is 126 Å². The van der Waals surface area contributed by atoms with E-state index in [-0.39, 0.29) is 29.4 Å². The van der Waals surface area contributed by atoms with Gasteiger partial charge in [-0.25, -0.2) is 0 Å². The van der Waals surface area contributed by atoms with Gasteiger partial charge in [0.2, 0.25) is 0 Å². The molecule has 0 radical (unpaired) electrons. The van der Waals surface area contributed by atoms with E-state index >= 15 is 0 Å². The number of carbonyl (C=O) groups excluding carboxylic acids is 3. The van der Waals surface area contributed by atoms with Gasteiger partial charge in [-0.2, -0.15) is 0 Å². The zero-order chi connectivity index (χ0) is 28.8. The highest BCUT2D eigenvalue weighted by molar-refractivity contribution is 5.68. The molecule has 4 aliphatic rings. The lowest BCUT2D eigenvalue weighted by Gasteiger charge is -2.66. The molecular formula is C33H54O6. The first-order chi connectivity index (χ1) is 18.2. The summed E-state index contributed by atoms with van der Waals surface area (Å²) in [5, 5.41) is 0. The summed E-state index contributed by atoms with van der Waals surface area (Å²) in [5.74, 6) is 2.58. The predicted octanol–water partition coefficient (Wildman–Crippen LogP) is 7.27. The first-order valence-corrected chi connectivity index (χ1v) is 15.8. The van der Waals surface area contributed by atoms with E-state index in [1.54, 1.807) is 0 Å². The third-order valence-corrected chi connectivity index (χ3v) is 11.9. The maximum atomic E-state index is 12.6. The van der Waals surface area contributed by atoms with Gasteiger partial charge in [-0.1, -0.05) is 53.9 Å². The molecule has 0 spiro atoms. The minimum absolute atomic E-state index is 0.298. The fourth-order valence-corrected chi connectivity index (χ4v) is 10.4. The largest absolute Gasteiger partial charge is 0.462 e. The number of hydrogen-bond donors (Lipinski definition) is 0. The van der Waals surface area contributed by atoms with Crippen molar-refractivity contribution in [2.75, 3.05) is 0 Å². The van der Waals surface area contributed by atoms with Crippen LogP contribution in [0.3, 0.4) is 0 Å². The summed E-state index contributed by atoms with van der Waals surface area (Å²) in [6, 6.07) is 0. The highest BCUT2D eigenvalue weighted by atomic mass is 16.6. The molecule has 39 heavy (non-hydrogen) atoms. The Morgan fingerprint density at radius 3 is 2.13 bits per heavy atom. The van der Waals surface area contributed by atoms with Crippen LogP contribution in [0.2, 0.25) is 0 Å². The van der Waals surface area contributed by atoms with Crippen LogP contribution < -0.4 is 0 Å². The van der Waals surface area contributed by atoms with E-state index in [0.29, 0.717) is 36.0 Å². The molecule has 0 amide bonds. The first-order valence-electron chi connectivity index (χ1n) is 15.8. The molecule has 4 fully saturated rings. The molecule has 0 aromatic rings. The topological polar surface area (TPSA) is 78.9 Å². The molecule has 6 nitrogen and oxygen atoms in total. The number of hydrogen-bond acceptors (Lipinski definition) is 6. The Morgan fingerprint density at radius 1 is 0.821 bits per heavy atom. The van der Waals surface area contributed by atoms with Crippen molar-refractivity contribution < 1.29 is 28.6 Å². The van der Waals surface area contributed by atoms with E-state index in [4.69, 9.17) is 14.2 Å². The Hall–Kier alpha value is -1.59.